The Morgan fingerprint density at radius 3 is 2.94 bits per heavy atom. The van der Waals surface area contributed by atoms with E-state index in [-0.39, 0.29) is 0 Å². The average Bonchev–Trinajstić information content (AvgIpc) is 2.72. The minimum absolute atomic E-state index is 0.797. The maximum atomic E-state index is 5.33. The Morgan fingerprint density at radius 1 is 1.31 bits per heavy atom. The predicted molar refractivity (Wildman–Crippen MR) is 67.1 cm³/mol. The fraction of sp³-hybridized carbons (Fsp3) is 0.364. The number of fused-ring (bicyclic) bond motifs is 1. The van der Waals surface area contributed by atoms with E-state index in [0.717, 1.165) is 43.0 Å². The summed E-state index contributed by atoms with van der Waals surface area (Å²) in [7, 11) is 0. The van der Waals surface area contributed by atoms with Crippen LogP contribution in [0.1, 0.15) is 0 Å². The Hall–Kier alpha value is -1.20. The van der Waals surface area contributed by atoms with E-state index in [0.29, 0.717) is 0 Å². The second-order valence-corrected chi connectivity index (χ2v) is 4.30. The standard InChI is InChI=1S/C11H13N3OS/c16-14-2-1-9-7-10(8-12-11(9)14)13-3-5-15-6-4-13/h1-2,7-8,16H,3-6H2. The number of pyridine rings is 1. The van der Waals surface area contributed by atoms with Gasteiger partial charge in [0.1, 0.15) is 5.65 Å². The second-order valence-electron chi connectivity index (χ2n) is 3.87. The van der Waals surface area contributed by atoms with Crippen LogP contribution in [-0.2, 0) is 4.74 Å². The molecule has 4 nitrogen and oxygen atoms in total. The third-order valence-electron chi connectivity index (χ3n) is 2.87. The van der Waals surface area contributed by atoms with Crippen molar-refractivity contribution in [2.24, 2.45) is 0 Å². The summed E-state index contributed by atoms with van der Waals surface area (Å²) in [5, 5.41) is 1.12. The Morgan fingerprint density at radius 2 is 2.12 bits per heavy atom. The lowest BCUT2D eigenvalue weighted by Gasteiger charge is -2.28. The number of aromatic nitrogens is 2. The van der Waals surface area contributed by atoms with Gasteiger partial charge in [0.05, 0.1) is 25.1 Å². The number of thiol groups is 1. The zero-order chi connectivity index (χ0) is 11.0. The molecule has 5 heteroatoms. The minimum atomic E-state index is 0.797. The molecule has 3 heterocycles. The first-order valence-corrected chi connectivity index (χ1v) is 5.74. The van der Waals surface area contributed by atoms with Crippen LogP contribution in [0.3, 0.4) is 0 Å². The molecule has 0 aliphatic carbocycles. The lowest BCUT2D eigenvalue weighted by Crippen LogP contribution is -2.36. The normalized spacial score (nSPS) is 16.9. The molecule has 2 aromatic rings. The van der Waals surface area contributed by atoms with E-state index in [1.165, 1.54) is 0 Å². The SMILES string of the molecule is Sn1ccc2cc(N3CCOCC3)cnc21. The molecule has 0 atom stereocenters. The summed E-state index contributed by atoms with van der Waals surface area (Å²) in [4.78, 5) is 6.72. The van der Waals surface area contributed by atoms with E-state index >= 15 is 0 Å². The molecule has 1 aliphatic rings. The molecule has 1 saturated heterocycles. The van der Waals surface area contributed by atoms with Crippen LogP contribution in [-0.4, -0.2) is 35.3 Å². The van der Waals surface area contributed by atoms with Gasteiger partial charge < -0.3 is 9.64 Å². The van der Waals surface area contributed by atoms with E-state index < -0.39 is 0 Å². The van der Waals surface area contributed by atoms with Gasteiger partial charge in [-0.05, 0) is 12.1 Å². The van der Waals surface area contributed by atoms with Gasteiger partial charge in [-0.15, -0.1) is 0 Å². The van der Waals surface area contributed by atoms with Crippen LogP contribution in [0.15, 0.2) is 24.5 Å². The average molecular weight is 235 g/mol. The van der Waals surface area contributed by atoms with E-state index in [9.17, 15) is 0 Å². The van der Waals surface area contributed by atoms with Crippen molar-refractivity contribution in [2.75, 3.05) is 31.2 Å². The number of morpholine rings is 1. The number of rotatable bonds is 1. The van der Waals surface area contributed by atoms with Crippen LogP contribution in [0.25, 0.3) is 11.0 Å². The highest BCUT2D eigenvalue weighted by Crippen LogP contribution is 2.21. The highest BCUT2D eigenvalue weighted by atomic mass is 32.1. The summed E-state index contributed by atoms with van der Waals surface area (Å²) in [6.45, 7) is 3.47. The van der Waals surface area contributed by atoms with Gasteiger partial charge in [-0.25, -0.2) is 4.98 Å². The molecule has 1 fully saturated rings. The number of ether oxygens (including phenoxy) is 1. The van der Waals surface area contributed by atoms with E-state index in [1.807, 2.05) is 18.5 Å². The zero-order valence-corrected chi connectivity index (χ0v) is 9.73. The number of anilines is 1. The van der Waals surface area contributed by atoms with Crippen LogP contribution in [0.4, 0.5) is 5.69 Å². The Kier molecular flexibility index (Phi) is 2.49. The summed E-state index contributed by atoms with van der Waals surface area (Å²) in [5.74, 6) is 0. The molecule has 2 aromatic heterocycles. The highest BCUT2D eigenvalue weighted by Gasteiger charge is 2.12. The van der Waals surface area contributed by atoms with Crippen molar-refractivity contribution in [3.63, 3.8) is 0 Å². The van der Waals surface area contributed by atoms with Gasteiger partial charge in [-0.2, -0.15) is 0 Å². The molecule has 16 heavy (non-hydrogen) atoms. The molecule has 0 aromatic carbocycles. The monoisotopic (exact) mass is 235 g/mol. The molecule has 3 rings (SSSR count). The predicted octanol–water partition coefficient (Wildman–Crippen LogP) is 1.57. The maximum absolute atomic E-state index is 5.33. The van der Waals surface area contributed by atoms with Crippen LogP contribution in [0, 0.1) is 0 Å². The van der Waals surface area contributed by atoms with Gasteiger partial charge >= 0.3 is 0 Å². The van der Waals surface area contributed by atoms with Crippen LogP contribution >= 0.6 is 12.8 Å². The van der Waals surface area contributed by atoms with Crippen LogP contribution in [0.5, 0.6) is 0 Å². The van der Waals surface area contributed by atoms with Crippen molar-refractivity contribution in [2.45, 2.75) is 0 Å². The molecule has 0 bridgehead atoms. The minimum Gasteiger partial charge on any atom is -0.378 e. The fourth-order valence-corrected chi connectivity index (χ4v) is 2.23. The van der Waals surface area contributed by atoms with Gasteiger partial charge in [0.25, 0.3) is 0 Å². The molecule has 1 aliphatic heterocycles. The first kappa shape index (κ1) is 9.99. The largest absolute Gasteiger partial charge is 0.378 e. The van der Waals surface area contributed by atoms with Crippen molar-refractivity contribution >= 4 is 29.5 Å². The van der Waals surface area contributed by atoms with Crippen LogP contribution in [0.2, 0.25) is 0 Å². The number of nitrogens with zero attached hydrogens (tertiary/aromatic N) is 3. The van der Waals surface area contributed by atoms with Crippen LogP contribution < -0.4 is 4.90 Å². The van der Waals surface area contributed by atoms with E-state index in [2.05, 4.69) is 28.8 Å². The fourth-order valence-electron chi connectivity index (χ4n) is 1.99. The number of hydrogen-bond acceptors (Lipinski definition) is 4. The topological polar surface area (TPSA) is 30.3 Å². The third-order valence-corrected chi connectivity index (χ3v) is 3.19. The van der Waals surface area contributed by atoms with Crippen molar-refractivity contribution in [1.82, 2.24) is 8.96 Å². The molecule has 0 spiro atoms. The molecule has 0 amide bonds. The smallest absolute Gasteiger partial charge is 0.149 e. The molecular formula is C11H13N3OS. The number of hydrogen-bond donors (Lipinski definition) is 1. The summed E-state index contributed by atoms with van der Waals surface area (Å²) in [6.07, 6.45) is 3.81. The van der Waals surface area contributed by atoms with Crippen molar-refractivity contribution in [3.05, 3.63) is 24.5 Å². The summed E-state index contributed by atoms with van der Waals surface area (Å²) in [6, 6.07) is 4.18. The van der Waals surface area contributed by atoms with Gasteiger partial charge in [-0.1, -0.05) is 12.8 Å². The zero-order valence-electron chi connectivity index (χ0n) is 8.83. The first-order chi connectivity index (χ1) is 7.84. The molecule has 0 N–H and O–H groups in total. The molecule has 0 radical (unpaired) electrons. The lowest BCUT2D eigenvalue weighted by atomic mass is 10.3. The quantitative estimate of drug-likeness (QED) is 0.761. The second kappa shape index (κ2) is 3.99. The Balaban J connectivity index is 1.97. The van der Waals surface area contributed by atoms with Gasteiger partial charge in [0.2, 0.25) is 0 Å². The van der Waals surface area contributed by atoms with Gasteiger partial charge in [0.15, 0.2) is 0 Å². The maximum Gasteiger partial charge on any atom is 0.149 e. The highest BCUT2D eigenvalue weighted by molar-refractivity contribution is 7.78. The van der Waals surface area contributed by atoms with E-state index in [1.54, 1.807) is 3.97 Å². The molecule has 0 unspecified atom stereocenters. The third kappa shape index (κ3) is 1.66. The van der Waals surface area contributed by atoms with E-state index in [4.69, 9.17) is 4.74 Å². The first-order valence-electron chi connectivity index (χ1n) is 5.34. The summed E-state index contributed by atoms with van der Waals surface area (Å²) in [5.41, 5.74) is 2.07. The molecule has 84 valence electrons. The Labute approximate surface area is 99.4 Å². The molecular weight excluding hydrogens is 222 g/mol. The van der Waals surface area contributed by atoms with Crippen molar-refractivity contribution in [1.29, 1.82) is 0 Å². The summed E-state index contributed by atoms with van der Waals surface area (Å²) < 4.78 is 7.07. The molecule has 0 saturated carbocycles. The van der Waals surface area contributed by atoms with Crippen molar-refractivity contribution < 1.29 is 4.74 Å². The van der Waals surface area contributed by atoms with Crippen molar-refractivity contribution in [3.8, 4) is 0 Å². The summed E-state index contributed by atoms with van der Waals surface area (Å²) >= 11 is 4.28. The Bertz CT molecular complexity index is 505. The lowest BCUT2D eigenvalue weighted by molar-refractivity contribution is 0.122. The van der Waals surface area contributed by atoms with Gasteiger partial charge in [0, 0.05) is 24.7 Å². The van der Waals surface area contributed by atoms with Gasteiger partial charge in [-0.3, -0.25) is 3.97 Å².